The molecule has 26 heavy (non-hydrogen) atoms. The molecule has 2 aromatic rings. The van der Waals surface area contributed by atoms with Gasteiger partial charge in [-0.15, -0.1) is 0 Å². The van der Waals surface area contributed by atoms with Crippen LogP contribution in [-0.4, -0.2) is 35.9 Å². The van der Waals surface area contributed by atoms with Crippen molar-refractivity contribution < 1.29 is 14.3 Å². The van der Waals surface area contributed by atoms with Gasteiger partial charge in [-0.05, 0) is 57.2 Å². The first-order valence-electron chi connectivity index (χ1n) is 8.57. The molecular weight excluding hydrogens is 352 g/mol. The molecule has 0 spiro atoms. The summed E-state index contributed by atoms with van der Waals surface area (Å²) in [4.78, 5) is 26.3. The third-order valence-corrected chi connectivity index (χ3v) is 4.27. The molecule has 0 bridgehead atoms. The van der Waals surface area contributed by atoms with Crippen molar-refractivity contribution in [2.75, 3.05) is 18.4 Å². The van der Waals surface area contributed by atoms with Crippen molar-refractivity contribution in [2.45, 2.75) is 26.9 Å². The monoisotopic (exact) mass is 374 g/mol. The predicted molar refractivity (Wildman–Crippen MR) is 104 cm³/mol. The fourth-order valence-electron chi connectivity index (χ4n) is 2.42. The Balaban J connectivity index is 1.98. The molecule has 0 aliphatic rings. The minimum Gasteiger partial charge on any atom is -0.479 e. The van der Waals surface area contributed by atoms with Gasteiger partial charge in [-0.2, -0.15) is 0 Å². The first-order valence-corrected chi connectivity index (χ1v) is 8.95. The highest BCUT2D eigenvalue weighted by Crippen LogP contribution is 2.24. The van der Waals surface area contributed by atoms with E-state index >= 15 is 0 Å². The lowest BCUT2D eigenvalue weighted by Crippen LogP contribution is -2.31. The molecule has 2 rings (SSSR count). The van der Waals surface area contributed by atoms with Crippen LogP contribution in [0.3, 0.4) is 0 Å². The van der Waals surface area contributed by atoms with Crippen LogP contribution in [0.4, 0.5) is 5.69 Å². The van der Waals surface area contributed by atoms with Crippen molar-refractivity contribution in [3.8, 4) is 5.75 Å². The van der Waals surface area contributed by atoms with E-state index in [0.29, 0.717) is 35.1 Å². The molecule has 0 saturated carbocycles. The van der Waals surface area contributed by atoms with E-state index in [2.05, 4.69) is 5.32 Å². The van der Waals surface area contributed by atoms with Gasteiger partial charge in [0.05, 0.1) is 5.02 Å². The van der Waals surface area contributed by atoms with Gasteiger partial charge >= 0.3 is 0 Å². The van der Waals surface area contributed by atoms with Gasteiger partial charge in [0.2, 0.25) is 0 Å². The van der Waals surface area contributed by atoms with E-state index in [1.54, 1.807) is 60.4 Å². The summed E-state index contributed by atoms with van der Waals surface area (Å²) in [5, 5.41) is 3.22. The zero-order valence-corrected chi connectivity index (χ0v) is 15.9. The number of carbonyl (C=O) groups excluding carboxylic acids is 2. The minimum atomic E-state index is -0.716. The number of hydrogen-bond donors (Lipinski definition) is 1. The summed E-state index contributed by atoms with van der Waals surface area (Å²) < 4.78 is 5.60. The van der Waals surface area contributed by atoms with Crippen molar-refractivity contribution in [1.29, 1.82) is 0 Å². The molecule has 0 fully saturated rings. The van der Waals surface area contributed by atoms with Crippen LogP contribution in [0.15, 0.2) is 48.5 Å². The molecule has 0 heterocycles. The second-order valence-electron chi connectivity index (χ2n) is 5.73. The van der Waals surface area contributed by atoms with Crippen molar-refractivity contribution in [2.24, 2.45) is 0 Å². The first kappa shape index (κ1) is 19.8. The van der Waals surface area contributed by atoms with E-state index in [4.69, 9.17) is 16.3 Å². The maximum atomic E-state index is 12.3. The van der Waals surface area contributed by atoms with E-state index in [9.17, 15) is 9.59 Å². The minimum absolute atomic E-state index is 0.0247. The molecule has 0 aliphatic heterocycles. The number of nitrogens with zero attached hydrogens (tertiary/aromatic N) is 1. The Morgan fingerprint density at radius 3 is 2.27 bits per heavy atom. The SMILES string of the molecule is CCN(CC)C(=O)c1ccc(NC(=O)C(C)Oc2ccccc2Cl)cc1. The lowest BCUT2D eigenvalue weighted by Gasteiger charge is -2.19. The van der Waals surface area contributed by atoms with E-state index in [1.807, 2.05) is 13.8 Å². The number of nitrogens with one attached hydrogen (secondary N) is 1. The molecule has 0 aliphatic carbocycles. The summed E-state index contributed by atoms with van der Waals surface area (Å²) in [7, 11) is 0. The zero-order chi connectivity index (χ0) is 19.1. The quantitative estimate of drug-likeness (QED) is 0.789. The van der Waals surface area contributed by atoms with Crippen molar-refractivity contribution >= 4 is 29.1 Å². The summed E-state index contributed by atoms with van der Waals surface area (Å²) in [6.45, 7) is 6.85. The van der Waals surface area contributed by atoms with Crippen molar-refractivity contribution in [3.63, 3.8) is 0 Å². The van der Waals surface area contributed by atoms with Crippen LogP contribution in [0.1, 0.15) is 31.1 Å². The maximum Gasteiger partial charge on any atom is 0.265 e. The van der Waals surface area contributed by atoms with E-state index < -0.39 is 6.10 Å². The Labute approximate surface area is 158 Å². The molecule has 0 aromatic heterocycles. The summed E-state index contributed by atoms with van der Waals surface area (Å²) in [6.07, 6.45) is -0.716. The van der Waals surface area contributed by atoms with Gasteiger partial charge in [-0.1, -0.05) is 23.7 Å². The summed E-state index contributed by atoms with van der Waals surface area (Å²) in [6, 6.07) is 13.8. The van der Waals surface area contributed by atoms with Gasteiger partial charge in [0, 0.05) is 24.3 Å². The maximum absolute atomic E-state index is 12.3. The van der Waals surface area contributed by atoms with Gasteiger partial charge in [-0.3, -0.25) is 9.59 Å². The zero-order valence-electron chi connectivity index (χ0n) is 15.2. The Morgan fingerprint density at radius 1 is 1.08 bits per heavy atom. The number of halogens is 1. The van der Waals surface area contributed by atoms with Crippen LogP contribution in [0, 0.1) is 0 Å². The highest BCUT2D eigenvalue weighted by molar-refractivity contribution is 6.32. The average Bonchev–Trinajstić information content (AvgIpc) is 2.65. The number of carbonyl (C=O) groups is 2. The highest BCUT2D eigenvalue weighted by Gasteiger charge is 2.17. The fourth-order valence-corrected chi connectivity index (χ4v) is 2.60. The molecule has 1 N–H and O–H groups in total. The summed E-state index contributed by atoms with van der Waals surface area (Å²) in [5.74, 6) is 0.132. The van der Waals surface area contributed by atoms with Gasteiger partial charge < -0.3 is 15.0 Å². The van der Waals surface area contributed by atoms with Crippen molar-refractivity contribution in [3.05, 3.63) is 59.1 Å². The fraction of sp³-hybridized carbons (Fsp3) is 0.300. The Morgan fingerprint density at radius 2 is 1.69 bits per heavy atom. The topological polar surface area (TPSA) is 58.6 Å². The van der Waals surface area contributed by atoms with Crippen LogP contribution in [-0.2, 0) is 4.79 Å². The Bertz CT molecular complexity index is 758. The van der Waals surface area contributed by atoms with Crippen LogP contribution in [0.25, 0.3) is 0 Å². The first-order chi connectivity index (χ1) is 12.5. The van der Waals surface area contributed by atoms with E-state index in [1.165, 1.54) is 0 Å². The predicted octanol–water partition coefficient (Wildman–Crippen LogP) is 4.23. The van der Waals surface area contributed by atoms with Crippen LogP contribution >= 0.6 is 11.6 Å². The molecule has 0 saturated heterocycles. The number of rotatable bonds is 7. The highest BCUT2D eigenvalue weighted by atomic mass is 35.5. The van der Waals surface area contributed by atoms with E-state index in [-0.39, 0.29) is 11.8 Å². The number of para-hydroxylation sites is 1. The number of hydrogen-bond acceptors (Lipinski definition) is 3. The van der Waals surface area contributed by atoms with Gasteiger partial charge in [0.15, 0.2) is 6.10 Å². The normalized spacial score (nSPS) is 11.5. The lowest BCUT2D eigenvalue weighted by atomic mass is 10.1. The molecule has 2 amide bonds. The molecular formula is C20H23ClN2O3. The molecule has 0 radical (unpaired) electrons. The molecule has 1 atom stereocenters. The Kier molecular flexibility index (Phi) is 7.04. The number of benzene rings is 2. The van der Waals surface area contributed by atoms with Gasteiger partial charge in [-0.25, -0.2) is 0 Å². The summed E-state index contributed by atoms with van der Waals surface area (Å²) in [5.41, 5.74) is 1.19. The number of anilines is 1. The molecule has 5 nitrogen and oxygen atoms in total. The standard InChI is InChI=1S/C20H23ClN2O3/c1-4-23(5-2)20(25)15-10-12-16(13-11-15)22-19(24)14(3)26-18-9-7-6-8-17(18)21/h6-14H,4-5H2,1-3H3,(H,22,24). The second kappa shape index (κ2) is 9.25. The Hall–Kier alpha value is -2.53. The van der Waals surface area contributed by atoms with Gasteiger partial charge in [0.25, 0.3) is 11.8 Å². The number of ether oxygens (including phenoxy) is 1. The molecule has 1 unspecified atom stereocenters. The molecule has 2 aromatic carbocycles. The summed E-state index contributed by atoms with van der Waals surface area (Å²) >= 11 is 6.04. The second-order valence-corrected chi connectivity index (χ2v) is 6.14. The van der Waals surface area contributed by atoms with Crippen LogP contribution < -0.4 is 10.1 Å². The van der Waals surface area contributed by atoms with E-state index in [0.717, 1.165) is 0 Å². The largest absolute Gasteiger partial charge is 0.479 e. The average molecular weight is 375 g/mol. The smallest absolute Gasteiger partial charge is 0.265 e. The van der Waals surface area contributed by atoms with Crippen molar-refractivity contribution in [1.82, 2.24) is 4.90 Å². The van der Waals surface area contributed by atoms with Crippen LogP contribution in [0.2, 0.25) is 5.02 Å². The van der Waals surface area contributed by atoms with Gasteiger partial charge in [0.1, 0.15) is 5.75 Å². The number of amides is 2. The molecule has 138 valence electrons. The van der Waals surface area contributed by atoms with Crippen LogP contribution in [0.5, 0.6) is 5.75 Å². The lowest BCUT2D eigenvalue weighted by molar-refractivity contribution is -0.122. The molecule has 6 heteroatoms. The third-order valence-electron chi connectivity index (χ3n) is 3.96. The third kappa shape index (κ3) is 4.99.